The normalized spacial score (nSPS) is 31.1. The second-order valence-electron chi connectivity index (χ2n) is 5.11. The van der Waals surface area contributed by atoms with Gasteiger partial charge in [-0.2, -0.15) is 0 Å². The second kappa shape index (κ2) is 3.95. The van der Waals surface area contributed by atoms with Crippen LogP contribution in [-0.4, -0.2) is 22.2 Å². The van der Waals surface area contributed by atoms with Gasteiger partial charge in [0, 0.05) is 17.2 Å². The first-order valence-electron chi connectivity index (χ1n) is 6.47. The van der Waals surface area contributed by atoms with Gasteiger partial charge in [-0.3, -0.25) is 0 Å². The Morgan fingerprint density at radius 1 is 1.35 bits per heavy atom. The highest BCUT2D eigenvalue weighted by Crippen LogP contribution is 2.43. The van der Waals surface area contributed by atoms with Crippen molar-refractivity contribution < 1.29 is 4.74 Å². The fraction of sp³-hybridized carbons (Fsp3) is 0.692. The molecule has 3 heterocycles. The highest BCUT2D eigenvalue weighted by Gasteiger charge is 2.43. The third-order valence-electron chi connectivity index (χ3n) is 4.07. The number of hydrogen-bond donors (Lipinski definition) is 1. The van der Waals surface area contributed by atoms with Crippen molar-refractivity contribution in [3.8, 4) is 0 Å². The second-order valence-corrected chi connectivity index (χ2v) is 5.11. The van der Waals surface area contributed by atoms with Crippen LogP contribution in [0.5, 0.6) is 0 Å². The standard InChI is InChI=1S/C13H19N3O/c1-3-10-7(2)12(14)16-13(15-10)9-6-8-4-5-11(9)17-8/h8-9,11H,3-6H2,1-2H3,(H2,14,15,16). The van der Waals surface area contributed by atoms with E-state index in [1.165, 1.54) is 6.42 Å². The monoisotopic (exact) mass is 233 g/mol. The Morgan fingerprint density at radius 2 is 2.18 bits per heavy atom. The van der Waals surface area contributed by atoms with Gasteiger partial charge < -0.3 is 10.5 Å². The van der Waals surface area contributed by atoms with E-state index in [9.17, 15) is 0 Å². The molecule has 2 saturated heterocycles. The molecule has 3 rings (SSSR count). The lowest BCUT2D eigenvalue weighted by Crippen LogP contribution is -2.19. The van der Waals surface area contributed by atoms with Gasteiger partial charge in [-0.05, 0) is 32.6 Å². The van der Waals surface area contributed by atoms with Gasteiger partial charge in [-0.1, -0.05) is 6.92 Å². The first-order chi connectivity index (χ1) is 8.19. The van der Waals surface area contributed by atoms with Crippen LogP contribution in [-0.2, 0) is 11.2 Å². The summed E-state index contributed by atoms with van der Waals surface area (Å²) in [5, 5.41) is 0. The summed E-state index contributed by atoms with van der Waals surface area (Å²) in [7, 11) is 0. The van der Waals surface area contributed by atoms with E-state index >= 15 is 0 Å². The van der Waals surface area contributed by atoms with Gasteiger partial charge >= 0.3 is 0 Å². The first-order valence-corrected chi connectivity index (χ1v) is 6.47. The van der Waals surface area contributed by atoms with Crippen LogP contribution >= 0.6 is 0 Å². The molecule has 1 aromatic heterocycles. The summed E-state index contributed by atoms with van der Waals surface area (Å²) >= 11 is 0. The predicted octanol–water partition coefficient (Wildman–Crippen LogP) is 1.96. The van der Waals surface area contributed by atoms with E-state index in [0.29, 0.717) is 23.9 Å². The number of fused-ring (bicyclic) bond motifs is 2. The van der Waals surface area contributed by atoms with Crippen molar-refractivity contribution in [3.63, 3.8) is 0 Å². The van der Waals surface area contributed by atoms with Crippen molar-refractivity contribution in [1.82, 2.24) is 9.97 Å². The number of nitrogens with zero attached hydrogens (tertiary/aromatic N) is 2. The molecule has 17 heavy (non-hydrogen) atoms. The lowest BCUT2D eigenvalue weighted by Gasteiger charge is -2.18. The minimum Gasteiger partial charge on any atom is -0.383 e. The maximum absolute atomic E-state index is 5.97. The zero-order valence-corrected chi connectivity index (χ0v) is 10.4. The molecule has 2 N–H and O–H groups in total. The number of rotatable bonds is 2. The molecule has 0 spiro atoms. The van der Waals surface area contributed by atoms with Crippen molar-refractivity contribution >= 4 is 5.82 Å². The summed E-state index contributed by atoms with van der Waals surface area (Å²) in [6.45, 7) is 4.10. The van der Waals surface area contributed by atoms with E-state index < -0.39 is 0 Å². The zero-order chi connectivity index (χ0) is 12.0. The summed E-state index contributed by atoms with van der Waals surface area (Å²) in [6, 6.07) is 0. The Morgan fingerprint density at radius 3 is 2.76 bits per heavy atom. The molecule has 0 aromatic carbocycles. The summed E-state index contributed by atoms with van der Waals surface area (Å²) in [5.41, 5.74) is 8.08. The van der Waals surface area contributed by atoms with E-state index in [2.05, 4.69) is 16.9 Å². The molecule has 2 aliphatic heterocycles. The summed E-state index contributed by atoms with van der Waals surface area (Å²) < 4.78 is 5.86. The molecule has 0 amide bonds. The Labute approximate surface area is 102 Å². The van der Waals surface area contributed by atoms with Gasteiger partial charge in [0.05, 0.1) is 12.2 Å². The van der Waals surface area contributed by atoms with Crippen molar-refractivity contribution in [2.75, 3.05) is 5.73 Å². The quantitative estimate of drug-likeness (QED) is 0.848. The summed E-state index contributed by atoms with van der Waals surface area (Å²) in [6.07, 6.45) is 5.08. The Bertz CT molecular complexity index is 447. The molecule has 2 fully saturated rings. The van der Waals surface area contributed by atoms with E-state index in [-0.39, 0.29) is 0 Å². The minimum absolute atomic E-state index is 0.326. The molecule has 3 atom stereocenters. The van der Waals surface area contributed by atoms with Crippen LogP contribution in [0.4, 0.5) is 5.82 Å². The third-order valence-corrected chi connectivity index (χ3v) is 4.07. The van der Waals surface area contributed by atoms with E-state index in [1.807, 2.05) is 6.92 Å². The number of anilines is 1. The highest BCUT2D eigenvalue weighted by atomic mass is 16.5. The van der Waals surface area contributed by atoms with Gasteiger partial charge in [0.1, 0.15) is 11.6 Å². The van der Waals surface area contributed by atoms with Crippen LogP contribution in [0.2, 0.25) is 0 Å². The van der Waals surface area contributed by atoms with E-state index in [4.69, 9.17) is 10.5 Å². The maximum atomic E-state index is 5.97. The van der Waals surface area contributed by atoms with Crippen molar-refractivity contribution in [1.29, 1.82) is 0 Å². The molecule has 2 aliphatic rings. The van der Waals surface area contributed by atoms with E-state index in [1.54, 1.807) is 0 Å². The predicted molar refractivity (Wildman–Crippen MR) is 65.8 cm³/mol. The maximum Gasteiger partial charge on any atom is 0.136 e. The molecule has 0 saturated carbocycles. The third kappa shape index (κ3) is 1.71. The minimum atomic E-state index is 0.326. The van der Waals surface area contributed by atoms with Crippen LogP contribution in [0.25, 0.3) is 0 Å². The number of hydrogen-bond acceptors (Lipinski definition) is 4. The van der Waals surface area contributed by atoms with Gasteiger partial charge in [0.25, 0.3) is 0 Å². The molecule has 3 unspecified atom stereocenters. The number of ether oxygens (including phenoxy) is 1. The van der Waals surface area contributed by atoms with Crippen LogP contribution in [0.15, 0.2) is 0 Å². The van der Waals surface area contributed by atoms with Crippen molar-refractivity contribution in [3.05, 3.63) is 17.1 Å². The van der Waals surface area contributed by atoms with Crippen molar-refractivity contribution in [2.24, 2.45) is 0 Å². The number of aryl methyl sites for hydroxylation is 1. The smallest absolute Gasteiger partial charge is 0.136 e. The van der Waals surface area contributed by atoms with Crippen LogP contribution < -0.4 is 5.73 Å². The van der Waals surface area contributed by atoms with Gasteiger partial charge in [0.15, 0.2) is 0 Å². The zero-order valence-electron chi connectivity index (χ0n) is 10.4. The topological polar surface area (TPSA) is 61.0 Å². The molecule has 0 aliphatic carbocycles. The van der Waals surface area contributed by atoms with Crippen LogP contribution in [0, 0.1) is 6.92 Å². The van der Waals surface area contributed by atoms with Gasteiger partial charge in [0.2, 0.25) is 0 Å². The average Bonchev–Trinajstić information content (AvgIpc) is 2.94. The van der Waals surface area contributed by atoms with Crippen molar-refractivity contribution in [2.45, 2.75) is 57.7 Å². The Kier molecular flexibility index (Phi) is 2.54. The number of nitrogens with two attached hydrogens (primary N) is 1. The fourth-order valence-corrected chi connectivity index (χ4v) is 3.02. The molecule has 0 radical (unpaired) electrons. The Balaban J connectivity index is 1.95. The highest BCUT2D eigenvalue weighted by molar-refractivity contribution is 5.41. The summed E-state index contributed by atoms with van der Waals surface area (Å²) in [5.74, 6) is 1.90. The average molecular weight is 233 g/mol. The first kappa shape index (κ1) is 11.0. The Hall–Kier alpha value is -1.16. The molecule has 1 aromatic rings. The van der Waals surface area contributed by atoms with Crippen LogP contribution in [0.1, 0.15) is 49.2 Å². The molecule has 2 bridgehead atoms. The summed E-state index contributed by atoms with van der Waals surface area (Å²) in [4.78, 5) is 9.15. The van der Waals surface area contributed by atoms with E-state index in [0.717, 1.165) is 36.3 Å². The SMILES string of the molecule is CCc1nc(C2CC3CCC2O3)nc(N)c1C. The molecular weight excluding hydrogens is 214 g/mol. The number of aromatic nitrogens is 2. The number of nitrogen functional groups attached to an aromatic ring is 1. The lowest BCUT2D eigenvalue weighted by molar-refractivity contribution is 0.0998. The van der Waals surface area contributed by atoms with Gasteiger partial charge in [-0.25, -0.2) is 9.97 Å². The molecule has 92 valence electrons. The molecule has 4 heteroatoms. The van der Waals surface area contributed by atoms with Gasteiger partial charge in [-0.15, -0.1) is 0 Å². The largest absolute Gasteiger partial charge is 0.383 e. The molecule has 4 nitrogen and oxygen atoms in total. The van der Waals surface area contributed by atoms with Crippen LogP contribution in [0.3, 0.4) is 0 Å². The fourth-order valence-electron chi connectivity index (χ4n) is 3.02. The molecular formula is C13H19N3O. The lowest BCUT2D eigenvalue weighted by atomic mass is 9.88.